The molecule has 30 heavy (non-hydrogen) atoms. The molecule has 0 amide bonds. The van der Waals surface area contributed by atoms with E-state index in [9.17, 15) is 0 Å². The van der Waals surface area contributed by atoms with Crippen LogP contribution in [-0.2, 0) is 20.0 Å². The predicted octanol–water partition coefficient (Wildman–Crippen LogP) is 1.48. The van der Waals surface area contributed by atoms with Crippen molar-refractivity contribution in [3.63, 3.8) is 0 Å². The topological polar surface area (TPSA) is 73.6 Å². The van der Waals surface area contributed by atoms with Crippen LogP contribution in [0, 0.1) is 13.8 Å². The highest BCUT2D eigenvalue weighted by Gasteiger charge is 2.16. The monoisotopic (exact) mass is 412 g/mol. The van der Waals surface area contributed by atoms with Gasteiger partial charge in [-0.3, -0.25) is 9.67 Å². The molecule has 8 nitrogen and oxygen atoms in total. The maximum absolute atomic E-state index is 4.57. The maximum atomic E-state index is 4.57. The van der Waals surface area contributed by atoms with Gasteiger partial charge in [0.1, 0.15) is 5.82 Å². The maximum Gasteiger partial charge on any atom is 0.191 e. The number of guanidine groups is 1. The second kappa shape index (κ2) is 9.93. The Hall–Kier alpha value is -2.61. The van der Waals surface area contributed by atoms with Gasteiger partial charge in [0.05, 0.1) is 5.69 Å². The van der Waals surface area contributed by atoms with E-state index in [1.54, 1.807) is 0 Å². The van der Waals surface area contributed by atoms with Crippen molar-refractivity contribution >= 4 is 11.8 Å². The molecule has 1 unspecified atom stereocenters. The smallest absolute Gasteiger partial charge is 0.191 e. The SMILES string of the molecule is CN=C(NCc1ccnc(N2CCN(C)CC2)c1)NC(C)Cc1c(C)nn(C)c1C. The normalized spacial score (nSPS) is 16.6. The minimum absolute atomic E-state index is 0.246. The van der Waals surface area contributed by atoms with Gasteiger partial charge < -0.3 is 20.4 Å². The Kier molecular flexibility index (Phi) is 7.31. The first-order valence-electron chi connectivity index (χ1n) is 10.7. The van der Waals surface area contributed by atoms with E-state index >= 15 is 0 Å². The van der Waals surface area contributed by atoms with E-state index < -0.39 is 0 Å². The second-order valence-electron chi connectivity index (χ2n) is 8.26. The van der Waals surface area contributed by atoms with E-state index in [4.69, 9.17) is 0 Å². The van der Waals surface area contributed by atoms with Crippen molar-refractivity contribution in [2.24, 2.45) is 12.0 Å². The summed E-state index contributed by atoms with van der Waals surface area (Å²) in [7, 11) is 5.97. The predicted molar refractivity (Wildman–Crippen MR) is 123 cm³/mol. The lowest BCUT2D eigenvalue weighted by atomic mass is 10.1. The third-order valence-electron chi connectivity index (χ3n) is 5.87. The lowest BCUT2D eigenvalue weighted by molar-refractivity contribution is 0.312. The van der Waals surface area contributed by atoms with Gasteiger partial charge in [0, 0.05) is 64.8 Å². The number of aryl methyl sites for hydroxylation is 2. The van der Waals surface area contributed by atoms with Crippen LogP contribution in [0.4, 0.5) is 5.82 Å². The van der Waals surface area contributed by atoms with Crippen LogP contribution in [0.3, 0.4) is 0 Å². The molecule has 164 valence electrons. The zero-order valence-electron chi connectivity index (χ0n) is 19.2. The van der Waals surface area contributed by atoms with Crippen molar-refractivity contribution in [1.29, 1.82) is 0 Å². The summed E-state index contributed by atoms with van der Waals surface area (Å²) in [5, 5.41) is 11.5. The Labute approximate surface area is 180 Å². The molecule has 3 heterocycles. The van der Waals surface area contributed by atoms with Crippen molar-refractivity contribution in [1.82, 2.24) is 30.3 Å². The van der Waals surface area contributed by atoms with Crippen LogP contribution in [0.1, 0.15) is 29.4 Å². The summed E-state index contributed by atoms with van der Waals surface area (Å²) in [5.74, 6) is 1.86. The fraction of sp³-hybridized carbons (Fsp3) is 0.591. The molecule has 0 aliphatic carbocycles. The van der Waals surface area contributed by atoms with Crippen LogP contribution in [-0.4, -0.2) is 71.9 Å². The Morgan fingerprint density at radius 1 is 1.20 bits per heavy atom. The molecule has 0 spiro atoms. The van der Waals surface area contributed by atoms with E-state index in [1.165, 1.54) is 16.8 Å². The van der Waals surface area contributed by atoms with Gasteiger partial charge in [-0.25, -0.2) is 4.98 Å². The van der Waals surface area contributed by atoms with E-state index in [-0.39, 0.29) is 6.04 Å². The number of nitrogens with one attached hydrogen (secondary N) is 2. The highest BCUT2D eigenvalue weighted by Crippen LogP contribution is 2.15. The van der Waals surface area contributed by atoms with Crippen molar-refractivity contribution in [3.05, 3.63) is 40.8 Å². The molecular weight excluding hydrogens is 376 g/mol. The first-order chi connectivity index (χ1) is 14.4. The van der Waals surface area contributed by atoms with Gasteiger partial charge in [0.2, 0.25) is 0 Å². The summed E-state index contributed by atoms with van der Waals surface area (Å²) < 4.78 is 1.95. The molecule has 2 N–H and O–H groups in total. The molecule has 1 fully saturated rings. The van der Waals surface area contributed by atoms with Crippen LogP contribution in [0.15, 0.2) is 23.3 Å². The van der Waals surface area contributed by atoms with Gasteiger partial charge >= 0.3 is 0 Å². The number of hydrogen-bond donors (Lipinski definition) is 2. The lowest BCUT2D eigenvalue weighted by Gasteiger charge is -2.33. The van der Waals surface area contributed by atoms with Crippen LogP contribution < -0.4 is 15.5 Å². The van der Waals surface area contributed by atoms with Crippen molar-refractivity contribution in [2.45, 2.75) is 39.8 Å². The Morgan fingerprint density at radius 3 is 2.57 bits per heavy atom. The highest BCUT2D eigenvalue weighted by molar-refractivity contribution is 5.80. The number of nitrogens with zero attached hydrogens (tertiary/aromatic N) is 6. The minimum atomic E-state index is 0.246. The molecule has 1 atom stereocenters. The summed E-state index contributed by atoms with van der Waals surface area (Å²) in [6.07, 6.45) is 2.81. The summed E-state index contributed by atoms with van der Waals surface area (Å²) in [5.41, 5.74) is 4.82. The van der Waals surface area contributed by atoms with E-state index in [2.05, 4.69) is 75.5 Å². The van der Waals surface area contributed by atoms with Gasteiger partial charge in [-0.2, -0.15) is 5.10 Å². The van der Waals surface area contributed by atoms with Gasteiger partial charge in [0.25, 0.3) is 0 Å². The van der Waals surface area contributed by atoms with Crippen LogP contribution >= 0.6 is 0 Å². The molecule has 0 aromatic carbocycles. The number of pyridine rings is 1. The van der Waals surface area contributed by atoms with Crippen LogP contribution in [0.5, 0.6) is 0 Å². The molecule has 2 aromatic heterocycles. The number of anilines is 1. The quantitative estimate of drug-likeness (QED) is 0.553. The Morgan fingerprint density at radius 2 is 1.93 bits per heavy atom. The standard InChI is InChI=1S/C22H36N8/c1-16(13-20-17(2)27-29(6)18(20)3)26-22(23-4)25-15-19-7-8-24-21(14-19)30-11-9-28(5)10-12-30/h7-8,14,16H,9-13,15H2,1-6H3,(H2,23,25,26). The van der Waals surface area contributed by atoms with E-state index in [0.717, 1.165) is 50.1 Å². The van der Waals surface area contributed by atoms with Crippen molar-refractivity contribution in [2.75, 3.05) is 45.2 Å². The molecule has 1 aliphatic heterocycles. The average molecular weight is 413 g/mol. The van der Waals surface area contributed by atoms with Gasteiger partial charge in [-0.15, -0.1) is 0 Å². The molecular formula is C22H36N8. The van der Waals surface area contributed by atoms with Crippen molar-refractivity contribution < 1.29 is 0 Å². The average Bonchev–Trinajstić information content (AvgIpc) is 2.97. The van der Waals surface area contributed by atoms with E-state index in [1.807, 2.05) is 25.0 Å². The van der Waals surface area contributed by atoms with Gasteiger partial charge in [-0.05, 0) is 57.5 Å². The summed E-state index contributed by atoms with van der Waals surface area (Å²) in [6, 6.07) is 4.49. The number of hydrogen-bond acceptors (Lipinski definition) is 5. The molecule has 2 aromatic rings. The fourth-order valence-electron chi connectivity index (χ4n) is 3.86. The minimum Gasteiger partial charge on any atom is -0.354 e. The molecule has 0 radical (unpaired) electrons. The molecule has 8 heteroatoms. The van der Waals surface area contributed by atoms with E-state index in [0.29, 0.717) is 6.54 Å². The second-order valence-corrected chi connectivity index (χ2v) is 8.26. The molecule has 1 saturated heterocycles. The largest absolute Gasteiger partial charge is 0.354 e. The number of aromatic nitrogens is 3. The molecule has 0 saturated carbocycles. The first kappa shape index (κ1) is 22.1. The highest BCUT2D eigenvalue weighted by atomic mass is 15.3. The van der Waals surface area contributed by atoms with Crippen molar-refractivity contribution in [3.8, 4) is 0 Å². The third kappa shape index (κ3) is 5.50. The number of aliphatic imine (C=N–C) groups is 1. The van der Waals surface area contributed by atoms with Crippen LogP contribution in [0.25, 0.3) is 0 Å². The number of likely N-dealkylation sites (N-methyl/N-ethyl adjacent to an activating group) is 1. The Balaban J connectivity index is 1.54. The molecule has 3 rings (SSSR count). The summed E-state index contributed by atoms with van der Waals surface area (Å²) in [4.78, 5) is 13.7. The zero-order chi connectivity index (χ0) is 21.7. The van der Waals surface area contributed by atoms with Gasteiger partial charge in [-0.1, -0.05) is 0 Å². The fourth-order valence-corrected chi connectivity index (χ4v) is 3.86. The van der Waals surface area contributed by atoms with Gasteiger partial charge in [0.15, 0.2) is 5.96 Å². The summed E-state index contributed by atoms with van der Waals surface area (Å²) >= 11 is 0. The number of piperazine rings is 1. The zero-order valence-corrected chi connectivity index (χ0v) is 19.2. The first-order valence-corrected chi connectivity index (χ1v) is 10.7. The number of rotatable bonds is 6. The Bertz CT molecular complexity index is 864. The van der Waals surface area contributed by atoms with Crippen LogP contribution in [0.2, 0.25) is 0 Å². The lowest BCUT2D eigenvalue weighted by Crippen LogP contribution is -2.45. The third-order valence-corrected chi connectivity index (χ3v) is 5.87. The summed E-state index contributed by atoms with van der Waals surface area (Å²) in [6.45, 7) is 11.3. The molecule has 0 bridgehead atoms. The molecule has 1 aliphatic rings.